The Labute approximate surface area is 186 Å². The van der Waals surface area contributed by atoms with Gasteiger partial charge in [0.2, 0.25) is 0 Å². The van der Waals surface area contributed by atoms with Crippen molar-refractivity contribution in [2.75, 3.05) is 0 Å². The van der Waals surface area contributed by atoms with Crippen LogP contribution >= 0.6 is 0 Å². The first-order chi connectivity index (χ1) is 15.4. The Morgan fingerprint density at radius 2 is 0.758 bits per heavy atom. The molecule has 0 radical (unpaired) electrons. The van der Waals surface area contributed by atoms with Gasteiger partial charge in [-0.05, 0) is 0 Å². The van der Waals surface area contributed by atoms with Crippen molar-refractivity contribution in [1.29, 1.82) is 0 Å². The summed E-state index contributed by atoms with van der Waals surface area (Å²) < 4.78 is 90.2. The van der Waals surface area contributed by atoms with Crippen molar-refractivity contribution >= 4 is 41.4 Å². The normalized spacial score (nSPS) is 13.5. The number of hydrogen-bond acceptors (Lipinski definition) is 4. The summed E-state index contributed by atoms with van der Waals surface area (Å²) in [6, 6.07) is 19.5. The molecule has 3 aromatic carbocycles. The molecule has 0 aliphatic rings. The molecule has 0 heterocycles. The third-order valence-corrected chi connectivity index (χ3v) is 23.1. The minimum absolute atomic E-state index is 0.267. The Morgan fingerprint density at radius 1 is 0.515 bits per heavy atom. The van der Waals surface area contributed by atoms with E-state index < -0.39 is 44.0 Å². The molecule has 0 unspecified atom stereocenters. The molecule has 0 saturated carbocycles. The van der Waals surface area contributed by atoms with Crippen molar-refractivity contribution in [1.82, 2.24) is 0 Å². The molecular weight excluding hydrogens is 651 g/mol. The number of hydrogen-bond donors (Lipinski definition) is 0. The maximum absolute atomic E-state index is 13.5. The van der Waals surface area contributed by atoms with Crippen LogP contribution < -0.4 is 9.81 Å². The summed E-state index contributed by atoms with van der Waals surface area (Å²) in [6.07, 6.45) is -11.2. The minimum atomic E-state index is -7.36. The number of carbonyl (C=O) groups excluding carboxylic acids is 2. The van der Waals surface area contributed by atoms with Crippen molar-refractivity contribution in [2.45, 2.75) is 12.4 Å². The average molecular weight is 666 g/mol. The fourth-order valence-electron chi connectivity index (χ4n) is 3.30. The molecule has 0 fully saturated rings. The molecule has 3 aromatic rings. The van der Waals surface area contributed by atoms with Gasteiger partial charge in [0.1, 0.15) is 0 Å². The Morgan fingerprint density at radius 3 is 0.970 bits per heavy atom. The first kappa shape index (κ1) is 24.7. The van der Waals surface area contributed by atoms with E-state index >= 15 is 0 Å². The van der Waals surface area contributed by atoms with Gasteiger partial charge >= 0.3 is 186 Å². The van der Waals surface area contributed by atoms with Crippen LogP contribution in [-0.4, -0.2) is 44.0 Å². The molecule has 0 aliphatic heterocycles. The second kappa shape index (κ2) is 8.78. The fraction of sp³-hybridized carbons (Fsp3) is 0.0909. The summed E-state index contributed by atoms with van der Waals surface area (Å²) in [7, 11) is 0. The van der Waals surface area contributed by atoms with E-state index in [-0.39, 0.29) is 9.81 Å². The Kier molecular flexibility index (Phi) is 6.57. The second-order valence-corrected chi connectivity index (χ2v) is 21.6. The number of rotatable bonds is 5. The predicted molar refractivity (Wildman–Crippen MR) is 108 cm³/mol. The molecule has 0 atom stereocenters. The van der Waals surface area contributed by atoms with E-state index in [0.717, 1.165) is 0 Å². The molecule has 174 valence electrons. The van der Waals surface area contributed by atoms with E-state index in [2.05, 4.69) is 0 Å². The van der Waals surface area contributed by atoms with Gasteiger partial charge in [-0.15, -0.1) is 0 Å². The second-order valence-electron chi connectivity index (χ2n) is 6.72. The topological polar surface area (TPSA) is 52.6 Å². The standard InChI is InChI=1S/3C6H5.2C2HF3O2.Bi/c3*1-2-4-6-5-3-1;2*3-2(4,5)1(6)7;/h3*1-5H;2*(H,6,7);/q;;;;;+2/p-2. The number of alkyl halides is 6. The van der Waals surface area contributed by atoms with Gasteiger partial charge in [0, 0.05) is 0 Å². The van der Waals surface area contributed by atoms with Crippen LogP contribution in [0, 0.1) is 0 Å². The van der Waals surface area contributed by atoms with Crippen LogP contribution in [0.4, 0.5) is 26.3 Å². The summed E-state index contributed by atoms with van der Waals surface area (Å²) in [4.78, 5) is 24.5. The van der Waals surface area contributed by atoms with Crippen LogP contribution in [-0.2, 0) is 15.2 Å². The molecule has 4 nitrogen and oxygen atoms in total. The average Bonchev–Trinajstić information content (AvgIpc) is 2.79. The summed E-state index contributed by atoms with van der Waals surface area (Å²) in [5, 5.41) is 0. The monoisotopic (exact) mass is 666 g/mol. The number of benzene rings is 3. The summed E-state index contributed by atoms with van der Waals surface area (Å²) in [5.74, 6) is -5.55. The van der Waals surface area contributed by atoms with Gasteiger partial charge in [0.25, 0.3) is 0 Å². The van der Waals surface area contributed by atoms with Crippen LogP contribution in [0.1, 0.15) is 0 Å². The predicted octanol–water partition coefficient (Wildman–Crippen LogP) is 3.32. The molecule has 0 aromatic heterocycles. The van der Waals surface area contributed by atoms with E-state index in [4.69, 9.17) is 5.63 Å². The summed E-state index contributed by atoms with van der Waals surface area (Å²) >= 11 is -7.36. The van der Waals surface area contributed by atoms with Gasteiger partial charge in [-0.25, -0.2) is 0 Å². The zero-order chi connectivity index (χ0) is 24.4. The van der Waals surface area contributed by atoms with Crippen molar-refractivity contribution in [3.8, 4) is 0 Å². The van der Waals surface area contributed by atoms with Gasteiger partial charge in [-0.3, -0.25) is 0 Å². The van der Waals surface area contributed by atoms with Crippen LogP contribution in [0.5, 0.6) is 0 Å². The summed E-state index contributed by atoms with van der Waals surface area (Å²) in [5.41, 5.74) is 0. The van der Waals surface area contributed by atoms with E-state index in [1.54, 1.807) is 0 Å². The third kappa shape index (κ3) is 4.46. The van der Waals surface area contributed by atoms with Crippen molar-refractivity contribution in [2.24, 2.45) is 0 Å². The first-order valence-corrected chi connectivity index (χ1v) is 17.3. The van der Waals surface area contributed by atoms with Gasteiger partial charge in [0.05, 0.1) is 0 Å². The van der Waals surface area contributed by atoms with Gasteiger partial charge in [-0.1, -0.05) is 0 Å². The van der Waals surface area contributed by atoms with Gasteiger partial charge in [-0.2, -0.15) is 0 Å². The van der Waals surface area contributed by atoms with E-state index in [1.807, 2.05) is 0 Å². The molecule has 0 saturated heterocycles. The van der Waals surface area contributed by atoms with Crippen molar-refractivity contribution in [3.63, 3.8) is 0 Å². The van der Waals surface area contributed by atoms with Crippen molar-refractivity contribution in [3.05, 3.63) is 91.0 Å². The van der Waals surface area contributed by atoms with E-state index in [0.29, 0.717) is 0 Å². The Bertz CT molecular complexity index is 1000. The number of carbonyl (C=O) groups is 2. The van der Waals surface area contributed by atoms with Crippen LogP contribution in [0.2, 0.25) is 0 Å². The number of halogens is 6. The Balaban J connectivity index is 2.56. The SMILES string of the molecule is O=C([O][Bi]([O]C(=O)C(F)(F)F)([c]1ccccc1)([c]1ccccc1)[c]1ccccc1)C(F)(F)F. The van der Waals surface area contributed by atoms with Crippen LogP contribution in [0.15, 0.2) is 91.0 Å². The molecule has 0 spiro atoms. The Hall–Kier alpha value is -2.94. The summed E-state index contributed by atoms with van der Waals surface area (Å²) in [6.45, 7) is 0. The van der Waals surface area contributed by atoms with Gasteiger partial charge in [0.15, 0.2) is 0 Å². The van der Waals surface area contributed by atoms with E-state index in [9.17, 15) is 35.9 Å². The molecule has 33 heavy (non-hydrogen) atoms. The molecule has 0 bridgehead atoms. The van der Waals surface area contributed by atoms with Gasteiger partial charge < -0.3 is 0 Å². The van der Waals surface area contributed by atoms with Crippen LogP contribution in [0.3, 0.4) is 0 Å². The third-order valence-electron chi connectivity index (χ3n) is 4.65. The molecule has 3 rings (SSSR count). The first-order valence-electron chi connectivity index (χ1n) is 9.22. The molecule has 0 amide bonds. The zero-order valence-electron chi connectivity index (χ0n) is 16.5. The van der Waals surface area contributed by atoms with Crippen LogP contribution in [0.25, 0.3) is 0 Å². The molecule has 0 N–H and O–H groups in total. The molecule has 0 aliphatic carbocycles. The molecule has 11 heteroatoms. The fourth-order valence-corrected chi connectivity index (χ4v) is 21.0. The zero-order valence-corrected chi connectivity index (χ0v) is 20.0. The van der Waals surface area contributed by atoms with Crippen molar-refractivity contribution < 1.29 is 41.6 Å². The molecular formula is C22H15BiF6O4. The van der Waals surface area contributed by atoms with E-state index in [1.165, 1.54) is 91.0 Å². The maximum atomic E-state index is 13.5. The quantitative estimate of drug-likeness (QED) is 0.310.